The van der Waals surface area contributed by atoms with Crippen LogP contribution in [0.15, 0.2) is 42.5 Å². The highest BCUT2D eigenvalue weighted by atomic mass is 19.1. The molecule has 1 saturated carbocycles. The molecule has 0 aliphatic heterocycles. The predicted molar refractivity (Wildman–Crippen MR) is 103 cm³/mol. The Morgan fingerprint density at radius 2 is 1.79 bits per heavy atom. The van der Waals surface area contributed by atoms with Crippen LogP contribution >= 0.6 is 0 Å². The standard InChI is InChI=1S/C21H21F2N3O3/c22-14-6-9-17(18(23)12-14)21(29)24-10-2-5-19(27)25-16-4-1-3-13(11-16)20(28)26-15-7-8-15/h1,3-4,6,9,11-12,15H,2,5,7-8,10H2,(H,24,29)(H,25,27)(H,26,28). The summed E-state index contributed by atoms with van der Waals surface area (Å²) in [6, 6.07) is 9.62. The van der Waals surface area contributed by atoms with Gasteiger partial charge in [-0.25, -0.2) is 8.78 Å². The third kappa shape index (κ3) is 6.10. The summed E-state index contributed by atoms with van der Waals surface area (Å²) in [6.07, 6.45) is 2.45. The van der Waals surface area contributed by atoms with Crippen LogP contribution in [0, 0.1) is 11.6 Å². The number of benzene rings is 2. The van der Waals surface area contributed by atoms with Crippen molar-refractivity contribution in [1.82, 2.24) is 10.6 Å². The fraction of sp³-hybridized carbons (Fsp3) is 0.286. The molecule has 0 saturated heterocycles. The van der Waals surface area contributed by atoms with Crippen LogP contribution in [-0.2, 0) is 4.79 Å². The van der Waals surface area contributed by atoms with Crippen LogP contribution in [0.5, 0.6) is 0 Å². The zero-order chi connectivity index (χ0) is 20.8. The van der Waals surface area contributed by atoms with Gasteiger partial charge >= 0.3 is 0 Å². The second kappa shape index (κ2) is 9.27. The molecule has 8 heteroatoms. The number of carbonyl (C=O) groups excluding carboxylic acids is 3. The van der Waals surface area contributed by atoms with E-state index >= 15 is 0 Å². The van der Waals surface area contributed by atoms with Gasteiger partial charge in [-0.1, -0.05) is 6.07 Å². The Balaban J connectivity index is 1.42. The van der Waals surface area contributed by atoms with Crippen LogP contribution in [0.25, 0.3) is 0 Å². The van der Waals surface area contributed by atoms with Crippen LogP contribution in [0.3, 0.4) is 0 Å². The van der Waals surface area contributed by atoms with Crippen LogP contribution in [0.2, 0.25) is 0 Å². The quantitative estimate of drug-likeness (QED) is 0.595. The molecule has 0 unspecified atom stereocenters. The van der Waals surface area contributed by atoms with Crippen molar-refractivity contribution >= 4 is 23.4 Å². The molecule has 3 N–H and O–H groups in total. The normalized spacial score (nSPS) is 12.9. The molecule has 2 aromatic carbocycles. The van der Waals surface area contributed by atoms with Crippen molar-refractivity contribution in [3.63, 3.8) is 0 Å². The van der Waals surface area contributed by atoms with E-state index in [1.807, 2.05) is 0 Å². The van der Waals surface area contributed by atoms with Gasteiger partial charge in [-0.15, -0.1) is 0 Å². The first kappa shape index (κ1) is 20.4. The minimum absolute atomic E-state index is 0.130. The summed E-state index contributed by atoms with van der Waals surface area (Å²) >= 11 is 0. The van der Waals surface area contributed by atoms with E-state index in [-0.39, 0.29) is 36.4 Å². The third-order valence-corrected chi connectivity index (χ3v) is 4.36. The fourth-order valence-electron chi connectivity index (χ4n) is 2.68. The molecule has 1 aliphatic rings. The fourth-order valence-corrected chi connectivity index (χ4v) is 2.68. The van der Waals surface area contributed by atoms with Crippen molar-refractivity contribution in [3.05, 3.63) is 65.2 Å². The van der Waals surface area contributed by atoms with E-state index in [4.69, 9.17) is 0 Å². The molecule has 152 valence electrons. The second-order valence-corrected chi connectivity index (χ2v) is 6.86. The lowest BCUT2D eigenvalue weighted by Crippen LogP contribution is -2.26. The summed E-state index contributed by atoms with van der Waals surface area (Å²) in [7, 11) is 0. The summed E-state index contributed by atoms with van der Waals surface area (Å²) in [5, 5.41) is 8.08. The van der Waals surface area contributed by atoms with Gasteiger partial charge in [0.05, 0.1) is 5.56 Å². The predicted octanol–water partition coefficient (Wildman–Crippen LogP) is 3.01. The molecule has 2 aromatic rings. The molecule has 1 aliphatic carbocycles. The monoisotopic (exact) mass is 401 g/mol. The molecule has 0 spiro atoms. The number of nitrogens with one attached hydrogen (secondary N) is 3. The molecule has 0 heterocycles. The summed E-state index contributed by atoms with van der Waals surface area (Å²) in [5.41, 5.74) is 0.733. The number of halogens is 2. The number of hydrogen-bond acceptors (Lipinski definition) is 3. The molecule has 3 amide bonds. The van der Waals surface area contributed by atoms with E-state index < -0.39 is 17.5 Å². The summed E-state index contributed by atoms with van der Waals surface area (Å²) in [4.78, 5) is 36.0. The maximum absolute atomic E-state index is 13.5. The topological polar surface area (TPSA) is 87.3 Å². The Kier molecular flexibility index (Phi) is 6.54. The van der Waals surface area contributed by atoms with Crippen LogP contribution < -0.4 is 16.0 Å². The Morgan fingerprint density at radius 1 is 1.00 bits per heavy atom. The van der Waals surface area contributed by atoms with E-state index in [9.17, 15) is 23.2 Å². The van der Waals surface area contributed by atoms with Gasteiger partial charge in [0.2, 0.25) is 5.91 Å². The number of amides is 3. The minimum atomic E-state index is -0.939. The lowest BCUT2D eigenvalue weighted by atomic mass is 10.1. The lowest BCUT2D eigenvalue weighted by Gasteiger charge is -2.09. The van der Waals surface area contributed by atoms with Gasteiger partial charge < -0.3 is 16.0 Å². The largest absolute Gasteiger partial charge is 0.352 e. The van der Waals surface area contributed by atoms with Crippen LogP contribution in [0.4, 0.5) is 14.5 Å². The second-order valence-electron chi connectivity index (χ2n) is 6.86. The van der Waals surface area contributed by atoms with Crippen molar-refractivity contribution in [2.75, 3.05) is 11.9 Å². The SMILES string of the molecule is O=C(CCCNC(=O)c1ccc(F)cc1F)Nc1cccc(C(=O)NC2CC2)c1. The van der Waals surface area contributed by atoms with Crippen molar-refractivity contribution in [1.29, 1.82) is 0 Å². The first-order chi connectivity index (χ1) is 13.9. The molecule has 0 aromatic heterocycles. The Hall–Kier alpha value is -3.29. The van der Waals surface area contributed by atoms with Crippen molar-refractivity contribution in [2.45, 2.75) is 31.7 Å². The van der Waals surface area contributed by atoms with E-state index in [0.29, 0.717) is 23.7 Å². The van der Waals surface area contributed by atoms with Gasteiger partial charge in [0.1, 0.15) is 11.6 Å². The zero-order valence-electron chi connectivity index (χ0n) is 15.6. The Morgan fingerprint density at radius 3 is 2.52 bits per heavy atom. The smallest absolute Gasteiger partial charge is 0.254 e. The third-order valence-electron chi connectivity index (χ3n) is 4.36. The average Bonchev–Trinajstić information content (AvgIpc) is 3.49. The number of anilines is 1. The number of rotatable bonds is 8. The summed E-state index contributed by atoms with van der Waals surface area (Å²) in [6.45, 7) is 0.160. The van der Waals surface area contributed by atoms with Crippen LogP contribution in [-0.4, -0.2) is 30.3 Å². The van der Waals surface area contributed by atoms with Gasteiger partial charge in [0.25, 0.3) is 11.8 Å². The highest BCUT2D eigenvalue weighted by Gasteiger charge is 2.23. The molecule has 0 atom stereocenters. The van der Waals surface area contributed by atoms with Crippen molar-refractivity contribution in [2.24, 2.45) is 0 Å². The van der Waals surface area contributed by atoms with E-state index in [0.717, 1.165) is 25.0 Å². The van der Waals surface area contributed by atoms with E-state index in [1.54, 1.807) is 24.3 Å². The van der Waals surface area contributed by atoms with Crippen molar-refractivity contribution < 1.29 is 23.2 Å². The summed E-state index contributed by atoms with van der Waals surface area (Å²) in [5.74, 6) is -2.81. The lowest BCUT2D eigenvalue weighted by molar-refractivity contribution is -0.116. The maximum atomic E-state index is 13.5. The van der Waals surface area contributed by atoms with Gasteiger partial charge in [0.15, 0.2) is 0 Å². The number of hydrogen-bond donors (Lipinski definition) is 3. The highest BCUT2D eigenvalue weighted by molar-refractivity contribution is 5.97. The molecule has 0 radical (unpaired) electrons. The maximum Gasteiger partial charge on any atom is 0.254 e. The van der Waals surface area contributed by atoms with Gasteiger partial charge in [0, 0.05) is 36.3 Å². The minimum Gasteiger partial charge on any atom is -0.352 e. The van der Waals surface area contributed by atoms with Gasteiger partial charge in [-0.2, -0.15) is 0 Å². The van der Waals surface area contributed by atoms with Crippen LogP contribution in [0.1, 0.15) is 46.4 Å². The molecule has 6 nitrogen and oxygen atoms in total. The molecule has 3 rings (SSSR count). The first-order valence-corrected chi connectivity index (χ1v) is 9.36. The van der Waals surface area contributed by atoms with E-state index in [1.165, 1.54) is 0 Å². The molecular weight excluding hydrogens is 380 g/mol. The number of carbonyl (C=O) groups is 3. The molecule has 29 heavy (non-hydrogen) atoms. The Bertz CT molecular complexity index is 929. The van der Waals surface area contributed by atoms with Crippen molar-refractivity contribution in [3.8, 4) is 0 Å². The van der Waals surface area contributed by atoms with E-state index in [2.05, 4.69) is 16.0 Å². The molecule has 0 bridgehead atoms. The zero-order valence-corrected chi connectivity index (χ0v) is 15.6. The molecular formula is C21H21F2N3O3. The van der Waals surface area contributed by atoms with Gasteiger partial charge in [-0.3, -0.25) is 14.4 Å². The van der Waals surface area contributed by atoms with Gasteiger partial charge in [-0.05, 0) is 49.6 Å². The average molecular weight is 401 g/mol. The summed E-state index contributed by atoms with van der Waals surface area (Å²) < 4.78 is 26.4. The highest BCUT2D eigenvalue weighted by Crippen LogP contribution is 2.20. The Labute approximate surface area is 166 Å². The first-order valence-electron chi connectivity index (χ1n) is 9.36. The molecule has 1 fully saturated rings.